The molecule has 4 heterocycles. The first-order valence-corrected chi connectivity index (χ1v) is 11.3. The number of rotatable bonds is 4. The smallest absolute Gasteiger partial charge is 0.363 e. The number of aromatic nitrogens is 3. The lowest BCUT2D eigenvalue weighted by Crippen LogP contribution is -2.33. The Kier molecular flexibility index (Phi) is 5.65. The van der Waals surface area contributed by atoms with Crippen LogP contribution in [0.15, 0.2) is 46.3 Å². The second kappa shape index (κ2) is 8.58. The molecule has 0 bridgehead atoms. The first-order chi connectivity index (χ1) is 17.0. The molecule has 0 aliphatic carbocycles. The highest BCUT2D eigenvalue weighted by atomic mass is 19.4. The molecular weight excluding hydrogens is 476 g/mol. The number of pyridine rings is 1. The number of aryl methyl sites for hydroxylation is 2. The van der Waals surface area contributed by atoms with Gasteiger partial charge in [0.2, 0.25) is 0 Å². The second-order valence-corrected chi connectivity index (χ2v) is 8.71. The fourth-order valence-electron chi connectivity index (χ4n) is 4.42. The van der Waals surface area contributed by atoms with E-state index in [2.05, 4.69) is 20.3 Å². The molecule has 0 amide bonds. The lowest BCUT2D eigenvalue weighted by atomic mass is 9.98. The molecule has 1 N–H and O–H groups in total. The zero-order valence-electron chi connectivity index (χ0n) is 19.7. The molecule has 2 aromatic heterocycles. The summed E-state index contributed by atoms with van der Waals surface area (Å²) in [6.07, 6.45) is -1.33. The summed E-state index contributed by atoms with van der Waals surface area (Å²) in [4.78, 5) is 27.9. The first-order valence-electron chi connectivity index (χ1n) is 11.3. The van der Waals surface area contributed by atoms with Gasteiger partial charge in [-0.3, -0.25) is 9.79 Å². The molecule has 11 heteroatoms. The molecule has 0 spiro atoms. The average molecular weight is 498 g/mol. The van der Waals surface area contributed by atoms with Crippen LogP contribution in [-0.4, -0.2) is 33.5 Å². The van der Waals surface area contributed by atoms with Crippen LogP contribution in [0, 0.1) is 12.7 Å². The van der Waals surface area contributed by atoms with Crippen molar-refractivity contribution in [3.63, 3.8) is 0 Å². The molecule has 36 heavy (non-hydrogen) atoms. The standard InChI is InChI=1S/C25H22F4N6O/c1-13(16-5-4-6-19(21(16)26)25(27,28)29)31-22-18-12-17(15-7-9-34(3)20(36)11-15)23-30-8-10-35(23)24(18)33-14(2)32-22/h4-7,9,11-13H,8,10H2,1-3H3,(H,31,32,33)/t13-/m1/s1. The van der Waals surface area contributed by atoms with Crippen LogP contribution in [0.5, 0.6) is 0 Å². The van der Waals surface area contributed by atoms with Gasteiger partial charge in [-0.15, -0.1) is 0 Å². The summed E-state index contributed by atoms with van der Waals surface area (Å²) in [7, 11) is 1.66. The highest BCUT2D eigenvalue weighted by Gasteiger charge is 2.36. The molecule has 186 valence electrons. The van der Waals surface area contributed by atoms with Crippen LogP contribution in [0.3, 0.4) is 0 Å². The lowest BCUT2D eigenvalue weighted by molar-refractivity contribution is -0.140. The number of nitrogens with one attached hydrogen (secondary N) is 1. The van der Waals surface area contributed by atoms with E-state index in [0.29, 0.717) is 53.1 Å². The summed E-state index contributed by atoms with van der Waals surface area (Å²) in [5, 5.41) is 3.08. The van der Waals surface area contributed by atoms with Crippen molar-refractivity contribution in [2.75, 3.05) is 23.3 Å². The molecule has 2 aliphatic rings. The summed E-state index contributed by atoms with van der Waals surface area (Å²) in [6, 6.07) is 5.70. The molecule has 7 nitrogen and oxygen atoms in total. The number of hydrogen-bond acceptors (Lipinski definition) is 6. The van der Waals surface area contributed by atoms with Gasteiger partial charge in [-0.1, -0.05) is 12.1 Å². The number of fused-ring (bicyclic) bond motifs is 3. The normalized spacial score (nSPS) is 15.7. The van der Waals surface area contributed by atoms with Gasteiger partial charge in [-0.25, -0.2) is 14.4 Å². The van der Waals surface area contributed by atoms with E-state index < -0.39 is 23.6 Å². The van der Waals surface area contributed by atoms with Crippen LogP contribution in [0.2, 0.25) is 0 Å². The molecule has 0 saturated carbocycles. The fourth-order valence-corrected chi connectivity index (χ4v) is 4.42. The maximum atomic E-state index is 14.8. The number of hydrogen-bond donors (Lipinski definition) is 1. The summed E-state index contributed by atoms with van der Waals surface area (Å²) >= 11 is 0. The highest BCUT2D eigenvalue weighted by Crippen LogP contribution is 2.39. The molecule has 0 unspecified atom stereocenters. The minimum absolute atomic E-state index is 0.134. The Bertz CT molecular complexity index is 1490. The predicted molar refractivity (Wildman–Crippen MR) is 129 cm³/mol. The van der Waals surface area contributed by atoms with Gasteiger partial charge in [0.25, 0.3) is 5.56 Å². The molecule has 2 aliphatic heterocycles. The number of aliphatic imine (C=N–C) groups is 1. The molecule has 1 aromatic carbocycles. The van der Waals surface area contributed by atoms with Crippen LogP contribution in [0.1, 0.15) is 41.0 Å². The van der Waals surface area contributed by atoms with Crippen LogP contribution < -0.4 is 15.8 Å². The third-order valence-electron chi connectivity index (χ3n) is 6.23. The number of nitrogens with zero attached hydrogens (tertiary/aromatic N) is 5. The Balaban J connectivity index is 1.61. The van der Waals surface area contributed by atoms with E-state index in [9.17, 15) is 22.4 Å². The van der Waals surface area contributed by atoms with Gasteiger partial charge in [0, 0.05) is 37.0 Å². The van der Waals surface area contributed by atoms with Crippen LogP contribution >= 0.6 is 0 Å². The van der Waals surface area contributed by atoms with Crippen molar-refractivity contribution in [3.05, 3.63) is 80.8 Å². The highest BCUT2D eigenvalue weighted by molar-refractivity contribution is 6.36. The Morgan fingerprint density at radius 3 is 2.67 bits per heavy atom. The number of amidine groups is 1. The third-order valence-corrected chi connectivity index (χ3v) is 6.23. The molecule has 0 saturated heterocycles. The summed E-state index contributed by atoms with van der Waals surface area (Å²) in [6.45, 7) is 4.38. The van der Waals surface area contributed by atoms with E-state index in [1.165, 1.54) is 22.8 Å². The monoisotopic (exact) mass is 498 g/mol. The van der Waals surface area contributed by atoms with Crippen molar-refractivity contribution in [3.8, 4) is 0 Å². The number of benzene rings is 1. The average Bonchev–Trinajstić information content (AvgIpc) is 3.30. The topological polar surface area (TPSA) is 75.4 Å². The van der Waals surface area contributed by atoms with Gasteiger partial charge >= 0.3 is 6.18 Å². The first kappa shape index (κ1) is 23.7. The molecule has 0 fully saturated rings. The molecular formula is C25H22F4N6O. The molecule has 0 radical (unpaired) electrons. The van der Waals surface area contributed by atoms with Gasteiger partial charge in [-0.05, 0) is 37.6 Å². The zero-order valence-corrected chi connectivity index (χ0v) is 19.7. The Hall–Kier alpha value is -4.02. The van der Waals surface area contributed by atoms with Gasteiger partial charge < -0.3 is 14.8 Å². The Morgan fingerprint density at radius 1 is 1.17 bits per heavy atom. The second-order valence-electron chi connectivity index (χ2n) is 8.71. The third kappa shape index (κ3) is 4.04. The Morgan fingerprint density at radius 2 is 1.94 bits per heavy atom. The zero-order chi connectivity index (χ0) is 25.8. The van der Waals surface area contributed by atoms with Gasteiger partial charge in [-0.2, -0.15) is 13.2 Å². The summed E-state index contributed by atoms with van der Waals surface area (Å²) in [5.41, 5.74) is 0.307. The Labute approximate surface area is 203 Å². The van der Waals surface area contributed by atoms with E-state index in [1.807, 2.05) is 11.0 Å². The fraction of sp³-hybridized carbons (Fsp3) is 0.280. The van der Waals surface area contributed by atoms with Gasteiger partial charge in [0.05, 0.1) is 23.7 Å². The molecule has 5 rings (SSSR count). The number of anilines is 2. The van der Waals surface area contributed by atoms with Crippen LogP contribution in [0.25, 0.3) is 11.6 Å². The maximum Gasteiger partial charge on any atom is 0.419 e. The van der Waals surface area contributed by atoms with E-state index in [0.717, 1.165) is 6.07 Å². The minimum Gasteiger partial charge on any atom is -0.363 e. The van der Waals surface area contributed by atoms with Crippen molar-refractivity contribution < 1.29 is 17.6 Å². The van der Waals surface area contributed by atoms with E-state index in [1.54, 1.807) is 33.2 Å². The van der Waals surface area contributed by atoms with Crippen LogP contribution in [-0.2, 0) is 13.2 Å². The summed E-state index contributed by atoms with van der Waals surface area (Å²) < 4.78 is 56.0. The van der Waals surface area contributed by atoms with Crippen molar-refractivity contribution in [2.45, 2.75) is 26.1 Å². The van der Waals surface area contributed by atoms with E-state index in [4.69, 9.17) is 0 Å². The maximum absolute atomic E-state index is 14.8. The van der Waals surface area contributed by atoms with Crippen molar-refractivity contribution in [1.29, 1.82) is 0 Å². The number of alkyl halides is 3. The van der Waals surface area contributed by atoms with E-state index in [-0.39, 0.29) is 11.1 Å². The van der Waals surface area contributed by atoms with Crippen molar-refractivity contribution in [1.82, 2.24) is 14.5 Å². The lowest BCUT2D eigenvalue weighted by Gasteiger charge is -2.29. The van der Waals surface area contributed by atoms with Crippen LogP contribution in [0.4, 0.5) is 29.2 Å². The predicted octanol–water partition coefficient (Wildman–Crippen LogP) is 4.59. The SMILES string of the molecule is Cc1nc(N[C@H](C)c2cccc(C(F)(F)F)c2F)c2c(n1)N1CCN=C1C(c1ccn(C)c(=O)c1)=C2. The number of halogens is 4. The van der Waals surface area contributed by atoms with Gasteiger partial charge in [0.1, 0.15) is 29.1 Å². The molecule has 3 aromatic rings. The van der Waals surface area contributed by atoms with E-state index >= 15 is 0 Å². The molecule has 1 atom stereocenters. The van der Waals surface area contributed by atoms with Gasteiger partial charge in [0.15, 0.2) is 0 Å². The quantitative estimate of drug-likeness (QED) is 0.533. The largest absolute Gasteiger partial charge is 0.419 e. The van der Waals surface area contributed by atoms with Crippen molar-refractivity contribution >= 4 is 29.1 Å². The minimum atomic E-state index is -4.81. The van der Waals surface area contributed by atoms with Crippen molar-refractivity contribution in [2.24, 2.45) is 12.0 Å². The summed E-state index contributed by atoms with van der Waals surface area (Å²) in [5.74, 6) is 0.719.